The smallest absolute Gasteiger partial charge is 0.304 e. The van der Waals surface area contributed by atoms with Crippen LogP contribution in [0.15, 0.2) is 0 Å². The predicted octanol–water partition coefficient (Wildman–Crippen LogP) is 1.74. The Morgan fingerprint density at radius 2 is 1.81 bits per heavy atom. The fourth-order valence-corrected chi connectivity index (χ4v) is 2.30. The molecular weight excluding hydrogens is 226 g/mol. The van der Waals surface area contributed by atoms with Crippen molar-refractivity contribution < 1.29 is 14.7 Å². The van der Waals surface area contributed by atoms with Gasteiger partial charge in [0.25, 0.3) is 0 Å². The standard InChI is InChI=1S/C11H21NO3S/c1-7(2)6-12-11(15)9(4)16-8(3)5-10(13)14/h7-9H,5-6H2,1-4H3,(H,12,15)(H,13,14). The van der Waals surface area contributed by atoms with Crippen molar-refractivity contribution in [1.82, 2.24) is 5.32 Å². The summed E-state index contributed by atoms with van der Waals surface area (Å²) in [7, 11) is 0. The Kier molecular flexibility index (Phi) is 7.21. The van der Waals surface area contributed by atoms with Gasteiger partial charge in [0.2, 0.25) is 5.91 Å². The second-order valence-electron chi connectivity index (χ2n) is 4.33. The van der Waals surface area contributed by atoms with E-state index in [1.165, 1.54) is 11.8 Å². The molecule has 0 aliphatic rings. The molecule has 4 nitrogen and oxygen atoms in total. The maximum absolute atomic E-state index is 11.6. The molecule has 0 radical (unpaired) electrons. The molecule has 2 unspecified atom stereocenters. The summed E-state index contributed by atoms with van der Waals surface area (Å²) in [6.45, 7) is 8.36. The van der Waals surface area contributed by atoms with Crippen molar-refractivity contribution in [2.24, 2.45) is 5.92 Å². The van der Waals surface area contributed by atoms with Gasteiger partial charge in [-0.25, -0.2) is 0 Å². The minimum absolute atomic E-state index is 0.0176. The van der Waals surface area contributed by atoms with Crippen LogP contribution in [0, 0.1) is 5.92 Å². The molecule has 0 bridgehead atoms. The number of amides is 1. The number of carbonyl (C=O) groups excluding carboxylic acids is 1. The average Bonchev–Trinajstić information content (AvgIpc) is 2.12. The van der Waals surface area contributed by atoms with E-state index in [1.54, 1.807) is 6.92 Å². The number of carbonyl (C=O) groups is 2. The summed E-state index contributed by atoms with van der Waals surface area (Å²) in [5.74, 6) is -0.414. The molecule has 0 aliphatic heterocycles. The van der Waals surface area contributed by atoms with Crippen LogP contribution in [0.4, 0.5) is 0 Å². The third-order valence-corrected chi connectivity index (χ3v) is 3.21. The van der Waals surface area contributed by atoms with Gasteiger partial charge in [-0.2, -0.15) is 0 Å². The van der Waals surface area contributed by atoms with Gasteiger partial charge in [-0.15, -0.1) is 11.8 Å². The van der Waals surface area contributed by atoms with Crippen molar-refractivity contribution in [1.29, 1.82) is 0 Å². The molecule has 0 heterocycles. The number of nitrogens with one attached hydrogen (secondary N) is 1. The Bertz CT molecular complexity index is 243. The van der Waals surface area contributed by atoms with E-state index in [9.17, 15) is 9.59 Å². The van der Waals surface area contributed by atoms with E-state index in [-0.39, 0.29) is 22.8 Å². The SMILES string of the molecule is CC(C)CNC(=O)C(C)SC(C)CC(=O)O. The molecule has 2 atom stereocenters. The normalized spacial score (nSPS) is 14.6. The van der Waals surface area contributed by atoms with E-state index in [1.807, 2.05) is 20.8 Å². The van der Waals surface area contributed by atoms with Crippen LogP contribution >= 0.6 is 11.8 Å². The summed E-state index contributed by atoms with van der Waals surface area (Å²) in [5, 5.41) is 11.2. The first-order valence-corrected chi connectivity index (χ1v) is 6.42. The molecule has 0 aliphatic carbocycles. The molecule has 94 valence electrons. The third kappa shape index (κ3) is 7.56. The Balaban J connectivity index is 3.90. The highest BCUT2D eigenvalue weighted by molar-refractivity contribution is 8.01. The van der Waals surface area contributed by atoms with Gasteiger partial charge in [0.1, 0.15) is 0 Å². The van der Waals surface area contributed by atoms with E-state index < -0.39 is 5.97 Å². The predicted molar refractivity (Wildman–Crippen MR) is 66.6 cm³/mol. The van der Waals surface area contributed by atoms with E-state index in [0.717, 1.165) is 0 Å². The van der Waals surface area contributed by atoms with E-state index in [2.05, 4.69) is 5.32 Å². The van der Waals surface area contributed by atoms with Gasteiger partial charge < -0.3 is 10.4 Å². The van der Waals surface area contributed by atoms with Crippen LogP contribution in [0.3, 0.4) is 0 Å². The number of hydrogen-bond donors (Lipinski definition) is 2. The van der Waals surface area contributed by atoms with Crippen LogP contribution in [0.25, 0.3) is 0 Å². The lowest BCUT2D eigenvalue weighted by Gasteiger charge is -2.16. The fraction of sp³-hybridized carbons (Fsp3) is 0.818. The molecule has 2 N–H and O–H groups in total. The van der Waals surface area contributed by atoms with E-state index in [4.69, 9.17) is 5.11 Å². The van der Waals surface area contributed by atoms with E-state index >= 15 is 0 Å². The number of rotatable bonds is 7. The number of thioether (sulfide) groups is 1. The summed E-state index contributed by atoms with van der Waals surface area (Å²) in [6.07, 6.45) is 0.0897. The summed E-state index contributed by atoms with van der Waals surface area (Å²) >= 11 is 1.39. The summed E-state index contributed by atoms with van der Waals surface area (Å²) in [4.78, 5) is 22.1. The fourth-order valence-electron chi connectivity index (χ4n) is 1.15. The zero-order valence-corrected chi connectivity index (χ0v) is 11.1. The van der Waals surface area contributed by atoms with E-state index in [0.29, 0.717) is 12.5 Å². The minimum atomic E-state index is -0.824. The van der Waals surface area contributed by atoms with Gasteiger partial charge in [-0.05, 0) is 12.8 Å². The molecule has 0 saturated carbocycles. The van der Waals surface area contributed by atoms with Crippen molar-refractivity contribution in [3.8, 4) is 0 Å². The number of carboxylic acid groups (broad SMARTS) is 1. The van der Waals surface area contributed by atoms with Crippen LogP contribution in [0.5, 0.6) is 0 Å². The van der Waals surface area contributed by atoms with Gasteiger partial charge in [0.05, 0.1) is 11.7 Å². The second-order valence-corrected chi connectivity index (χ2v) is 6.11. The quantitative estimate of drug-likeness (QED) is 0.719. The molecule has 0 aromatic heterocycles. The lowest BCUT2D eigenvalue weighted by molar-refractivity contribution is -0.136. The minimum Gasteiger partial charge on any atom is -0.481 e. The first-order chi connectivity index (χ1) is 7.32. The van der Waals surface area contributed by atoms with Crippen LogP contribution in [0.1, 0.15) is 34.1 Å². The molecule has 0 spiro atoms. The highest BCUT2D eigenvalue weighted by Gasteiger charge is 2.18. The lowest BCUT2D eigenvalue weighted by Crippen LogP contribution is -2.34. The molecule has 0 rings (SSSR count). The monoisotopic (exact) mass is 247 g/mol. The number of hydrogen-bond acceptors (Lipinski definition) is 3. The van der Waals surface area contributed by atoms with Gasteiger partial charge in [-0.3, -0.25) is 9.59 Å². The third-order valence-electron chi connectivity index (χ3n) is 1.95. The van der Waals surface area contributed by atoms with Crippen LogP contribution in [0.2, 0.25) is 0 Å². The van der Waals surface area contributed by atoms with Gasteiger partial charge in [0, 0.05) is 11.8 Å². The molecule has 0 saturated heterocycles. The molecule has 0 aromatic carbocycles. The van der Waals surface area contributed by atoms with Gasteiger partial charge >= 0.3 is 5.97 Å². The zero-order valence-electron chi connectivity index (χ0n) is 10.3. The van der Waals surface area contributed by atoms with Crippen molar-refractivity contribution in [2.75, 3.05) is 6.54 Å². The van der Waals surface area contributed by atoms with Crippen molar-refractivity contribution in [2.45, 2.75) is 44.6 Å². The molecule has 0 fully saturated rings. The van der Waals surface area contributed by atoms with Gasteiger partial charge in [0.15, 0.2) is 0 Å². The topological polar surface area (TPSA) is 66.4 Å². The summed E-state index contributed by atoms with van der Waals surface area (Å²) in [6, 6.07) is 0. The average molecular weight is 247 g/mol. The van der Waals surface area contributed by atoms with Crippen molar-refractivity contribution in [3.63, 3.8) is 0 Å². The Morgan fingerprint density at radius 3 is 2.25 bits per heavy atom. The molecule has 0 aromatic rings. The van der Waals surface area contributed by atoms with Crippen molar-refractivity contribution in [3.05, 3.63) is 0 Å². The Hall–Kier alpha value is -0.710. The molecule has 16 heavy (non-hydrogen) atoms. The Morgan fingerprint density at radius 1 is 1.25 bits per heavy atom. The largest absolute Gasteiger partial charge is 0.481 e. The number of aliphatic carboxylic acids is 1. The lowest BCUT2D eigenvalue weighted by atomic mass is 10.2. The highest BCUT2D eigenvalue weighted by atomic mass is 32.2. The van der Waals surface area contributed by atoms with Crippen molar-refractivity contribution >= 4 is 23.6 Å². The number of carboxylic acids is 1. The zero-order chi connectivity index (χ0) is 12.7. The van der Waals surface area contributed by atoms with Crippen LogP contribution < -0.4 is 5.32 Å². The summed E-state index contributed by atoms with van der Waals surface area (Å²) in [5.41, 5.74) is 0. The summed E-state index contributed by atoms with van der Waals surface area (Å²) < 4.78 is 0. The molecule has 1 amide bonds. The molecular formula is C11H21NO3S. The van der Waals surface area contributed by atoms with Crippen LogP contribution in [-0.4, -0.2) is 34.0 Å². The first kappa shape index (κ1) is 15.3. The van der Waals surface area contributed by atoms with Crippen LogP contribution in [-0.2, 0) is 9.59 Å². The Labute approximate surface area is 101 Å². The maximum atomic E-state index is 11.6. The molecule has 5 heteroatoms. The first-order valence-electron chi connectivity index (χ1n) is 5.47. The second kappa shape index (κ2) is 7.54. The van der Waals surface area contributed by atoms with Gasteiger partial charge in [-0.1, -0.05) is 20.8 Å². The highest BCUT2D eigenvalue weighted by Crippen LogP contribution is 2.20. The maximum Gasteiger partial charge on any atom is 0.304 e.